The van der Waals surface area contributed by atoms with Crippen molar-refractivity contribution >= 4 is 0 Å². The van der Waals surface area contributed by atoms with Gasteiger partial charge in [-0.2, -0.15) is 5.10 Å². The van der Waals surface area contributed by atoms with Gasteiger partial charge in [-0.05, 0) is 24.1 Å². The molecule has 1 aliphatic heterocycles. The predicted molar refractivity (Wildman–Crippen MR) is 110 cm³/mol. The lowest BCUT2D eigenvalue weighted by Gasteiger charge is -2.20. The SMILES string of the molecule is COCc1cc(CN2CCc3[nH]nc(-c4ccccc4)c3CC2)ccc1OC. The first kappa shape index (κ1) is 18.7. The highest BCUT2D eigenvalue weighted by Crippen LogP contribution is 2.27. The topological polar surface area (TPSA) is 50.4 Å². The highest BCUT2D eigenvalue weighted by atomic mass is 16.5. The number of nitrogens with zero attached hydrogens (tertiary/aromatic N) is 2. The zero-order chi connectivity index (χ0) is 19.3. The Hall–Kier alpha value is -2.63. The van der Waals surface area contributed by atoms with Crippen LogP contribution in [-0.2, 0) is 30.7 Å². The molecule has 1 aromatic heterocycles. The highest BCUT2D eigenvalue weighted by Gasteiger charge is 2.20. The van der Waals surface area contributed by atoms with Crippen LogP contribution in [0.1, 0.15) is 22.4 Å². The van der Waals surface area contributed by atoms with E-state index < -0.39 is 0 Å². The van der Waals surface area contributed by atoms with Crippen LogP contribution < -0.4 is 4.74 Å². The Kier molecular flexibility index (Phi) is 5.74. The van der Waals surface area contributed by atoms with Crippen molar-refractivity contribution in [3.63, 3.8) is 0 Å². The molecule has 0 fully saturated rings. The summed E-state index contributed by atoms with van der Waals surface area (Å²) < 4.78 is 10.8. The lowest BCUT2D eigenvalue weighted by Crippen LogP contribution is -2.26. The van der Waals surface area contributed by atoms with Gasteiger partial charge in [0.1, 0.15) is 5.75 Å². The molecule has 0 aliphatic carbocycles. The molecule has 4 rings (SSSR count). The smallest absolute Gasteiger partial charge is 0.124 e. The number of nitrogens with one attached hydrogen (secondary N) is 1. The third kappa shape index (κ3) is 3.96. The summed E-state index contributed by atoms with van der Waals surface area (Å²) in [5, 5.41) is 7.88. The lowest BCUT2D eigenvalue weighted by molar-refractivity contribution is 0.181. The van der Waals surface area contributed by atoms with Gasteiger partial charge in [-0.15, -0.1) is 0 Å². The van der Waals surface area contributed by atoms with Crippen molar-refractivity contribution in [1.29, 1.82) is 0 Å². The maximum atomic E-state index is 5.45. The van der Waals surface area contributed by atoms with E-state index in [2.05, 4.69) is 51.5 Å². The first-order chi connectivity index (χ1) is 13.8. The molecule has 2 heterocycles. The fourth-order valence-corrected chi connectivity index (χ4v) is 3.98. The number of fused-ring (bicyclic) bond motifs is 1. The van der Waals surface area contributed by atoms with Crippen LogP contribution >= 0.6 is 0 Å². The Morgan fingerprint density at radius 1 is 1.04 bits per heavy atom. The molecule has 3 aromatic rings. The van der Waals surface area contributed by atoms with Gasteiger partial charge in [0, 0.05) is 55.5 Å². The number of H-pyrrole nitrogens is 1. The van der Waals surface area contributed by atoms with E-state index in [1.54, 1.807) is 14.2 Å². The zero-order valence-corrected chi connectivity index (χ0v) is 16.6. The number of aromatic amines is 1. The summed E-state index contributed by atoms with van der Waals surface area (Å²) in [4.78, 5) is 2.51. The van der Waals surface area contributed by atoms with Gasteiger partial charge in [0.2, 0.25) is 0 Å². The van der Waals surface area contributed by atoms with Gasteiger partial charge in [-0.1, -0.05) is 36.4 Å². The average Bonchev–Trinajstić information content (AvgIpc) is 3.04. The normalized spacial score (nSPS) is 14.5. The van der Waals surface area contributed by atoms with Crippen LogP contribution in [0, 0.1) is 0 Å². The first-order valence-electron chi connectivity index (χ1n) is 9.77. The Labute approximate surface area is 166 Å². The van der Waals surface area contributed by atoms with Crippen LogP contribution in [-0.4, -0.2) is 42.4 Å². The maximum Gasteiger partial charge on any atom is 0.124 e. The summed E-state index contributed by atoms with van der Waals surface area (Å²) in [6.07, 6.45) is 2.01. The molecule has 28 heavy (non-hydrogen) atoms. The molecule has 2 aromatic carbocycles. The molecule has 0 saturated carbocycles. The molecular formula is C23H27N3O2. The molecule has 5 nitrogen and oxygen atoms in total. The lowest BCUT2D eigenvalue weighted by atomic mass is 10.0. The molecule has 5 heteroatoms. The third-order valence-corrected chi connectivity index (χ3v) is 5.41. The van der Waals surface area contributed by atoms with Crippen molar-refractivity contribution in [1.82, 2.24) is 15.1 Å². The second-order valence-corrected chi connectivity index (χ2v) is 7.25. The van der Waals surface area contributed by atoms with E-state index in [1.807, 2.05) is 12.1 Å². The molecule has 0 atom stereocenters. The van der Waals surface area contributed by atoms with Crippen molar-refractivity contribution in [2.45, 2.75) is 26.0 Å². The van der Waals surface area contributed by atoms with Crippen LogP contribution in [0.15, 0.2) is 48.5 Å². The Balaban J connectivity index is 1.48. The maximum absolute atomic E-state index is 5.45. The quantitative estimate of drug-likeness (QED) is 0.709. The monoisotopic (exact) mass is 377 g/mol. The Morgan fingerprint density at radius 3 is 2.64 bits per heavy atom. The number of hydrogen-bond donors (Lipinski definition) is 1. The van der Waals surface area contributed by atoms with E-state index in [0.29, 0.717) is 6.61 Å². The van der Waals surface area contributed by atoms with Crippen LogP contribution in [0.4, 0.5) is 0 Å². The van der Waals surface area contributed by atoms with Gasteiger partial charge in [0.15, 0.2) is 0 Å². The van der Waals surface area contributed by atoms with E-state index in [-0.39, 0.29) is 0 Å². The molecule has 1 aliphatic rings. The standard InChI is InChI=1S/C23H27N3O2/c1-27-16-19-14-17(8-9-22(19)28-2)15-26-12-10-20-21(11-13-26)24-25-23(20)18-6-4-3-5-7-18/h3-9,14H,10-13,15-16H2,1-2H3,(H,24,25). The molecular weight excluding hydrogens is 350 g/mol. The number of aromatic nitrogens is 2. The molecule has 146 valence electrons. The Bertz CT molecular complexity index is 921. The minimum atomic E-state index is 0.563. The highest BCUT2D eigenvalue weighted by molar-refractivity contribution is 5.64. The second-order valence-electron chi connectivity index (χ2n) is 7.25. The second kappa shape index (κ2) is 8.59. The molecule has 0 unspecified atom stereocenters. The van der Waals surface area contributed by atoms with Crippen LogP contribution in [0.25, 0.3) is 11.3 Å². The fraction of sp³-hybridized carbons (Fsp3) is 0.348. The van der Waals surface area contributed by atoms with Crippen LogP contribution in [0.5, 0.6) is 5.75 Å². The van der Waals surface area contributed by atoms with Gasteiger partial charge in [-0.25, -0.2) is 0 Å². The van der Waals surface area contributed by atoms with Crippen LogP contribution in [0.3, 0.4) is 0 Å². The molecule has 0 saturated heterocycles. The van der Waals surface area contributed by atoms with Gasteiger partial charge in [0.25, 0.3) is 0 Å². The molecule has 0 amide bonds. The summed E-state index contributed by atoms with van der Waals surface area (Å²) in [5.74, 6) is 0.884. The summed E-state index contributed by atoms with van der Waals surface area (Å²) in [7, 11) is 3.42. The molecule has 0 radical (unpaired) electrons. The van der Waals surface area contributed by atoms with E-state index in [9.17, 15) is 0 Å². The number of ether oxygens (including phenoxy) is 2. The predicted octanol–water partition coefficient (Wildman–Crippen LogP) is 3.83. The van der Waals surface area contributed by atoms with E-state index in [0.717, 1.165) is 49.5 Å². The summed E-state index contributed by atoms with van der Waals surface area (Å²) in [6, 6.07) is 16.8. The minimum Gasteiger partial charge on any atom is -0.496 e. The zero-order valence-electron chi connectivity index (χ0n) is 16.6. The summed E-state index contributed by atoms with van der Waals surface area (Å²) >= 11 is 0. The Morgan fingerprint density at radius 2 is 1.86 bits per heavy atom. The van der Waals surface area contributed by atoms with Crippen molar-refractivity contribution in [3.8, 4) is 17.0 Å². The summed E-state index contributed by atoms with van der Waals surface area (Å²) in [6.45, 7) is 3.54. The number of benzene rings is 2. The van der Waals surface area contributed by atoms with Gasteiger partial charge in [0.05, 0.1) is 19.4 Å². The van der Waals surface area contributed by atoms with Crippen molar-refractivity contribution in [2.75, 3.05) is 27.3 Å². The molecule has 1 N–H and O–H groups in total. The largest absolute Gasteiger partial charge is 0.496 e. The van der Waals surface area contributed by atoms with Crippen molar-refractivity contribution < 1.29 is 9.47 Å². The molecule has 0 spiro atoms. The molecule has 0 bridgehead atoms. The fourth-order valence-electron chi connectivity index (χ4n) is 3.98. The third-order valence-electron chi connectivity index (χ3n) is 5.41. The average molecular weight is 377 g/mol. The van der Waals surface area contributed by atoms with E-state index in [4.69, 9.17) is 9.47 Å². The first-order valence-corrected chi connectivity index (χ1v) is 9.77. The van der Waals surface area contributed by atoms with E-state index >= 15 is 0 Å². The van der Waals surface area contributed by atoms with Gasteiger partial charge in [-0.3, -0.25) is 10.00 Å². The summed E-state index contributed by atoms with van der Waals surface area (Å²) in [5.41, 5.74) is 7.31. The van der Waals surface area contributed by atoms with Crippen LogP contribution in [0.2, 0.25) is 0 Å². The number of hydrogen-bond acceptors (Lipinski definition) is 4. The number of rotatable bonds is 6. The minimum absolute atomic E-state index is 0.563. The van der Waals surface area contributed by atoms with Crippen molar-refractivity contribution in [3.05, 3.63) is 70.9 Å². The van der Waals surface area contributed by atoms with E-state index in [1.165, 1.54) is 22.4 Å². The van der Waals surface area contributed by atoms with Gasteiger partial charge < -0.3 is 9.47 Å². The van der Waals surface area contributed by atoms with Crippen molar-refractivity contribution in [2.24, 2.45) is 0 Å². The number of methoxy groups -OCH3 is 2. The van der Waals surface area contributed by atoms with Gasteiger partial charge >= 0.3 is 0 Å².